The number of anilines is 1. The maximum atomic E-state index is 14.0. The van der Waals surface area contributed by atoms with Crippen LogP contribution in [0.4, 0.5) is 23.5 Å². The molecule has 31 heavy (non-hydrogen) atoms. The Bertz CT molecular complexity index is 1120. The number of para-hydroxylation sites is 1. The predicted molar refractivity (Wildman–Crippen MR) is 115 cm³/mol. The summed E-state index contributed by atoms with van der Waals surface area (Å²) in [6, 6.07) is 5.54. The molecule has 166 valence electrons. The smallest absolute Gasteiger partial charge is 0.394 e. The average Bonchev–Trinajstić information content (AvgIpc) is 3.09. The summed E-state index contributed by atoms with van der Waals surface area (Å²) < 4.78 is 55.3. The average molecular weight is 454 g/mol. The van der Waals surface area contributed by atoms with Crippen LogP contribution >= 0.6 is 7.92 Å². The summed E-state index contributed by atoms with van der Waals surface area (Å²) in [5.74, 6) is -0.0775. The highest BCUT2D eigenvalue weighted by Crippen LogP contribution is 2.46. The molecule has 0 bridgehead atoms. The van der Waals surface area contributed by atoms with Crippen LogP contribution in [0.15, 0.2) is 30.6 Å². The van der Waals surface area contributed by atoms with Crippen molar-refractivity contribution in [1.82, 2.24) is 15.0 Å². The molecule has 1 fully saturated rings. The lowest BCUT2D eigenvalue weighted by Gasteiger charge is -2.49. The molecular weight excluding hydrogens is 431 g/mol. The topological polar surface area (TPSA) is 73.8 Å². The molecule has 3 N–H and O–H groups in total. The summed E-state index contributed by atoms with van der Waals surface area (Å²) in [6.07, 6.45) is -2.36. The van der Waals surface area contributed by atoms with Crippen LogP contribution in [0.1, 0.15) is 25.3 Å². The van der Waals surface area contributed by atoms with E-state index in [0.29, 0.717) is 10.9 Å². The van der Waals surface area contributed by atoms with Gasteiger partial charge < -0.3 is 15.4 Å². The van der Waals surface area contributed by atoms with Crippen molar-refractivity contribution < 1.29 is 22.7 Å². The lowest BCUT2D eigenvalue weighted by Crippen LogP contribution is -2.60. The minimum atomic E-state index is -4.65. The van der Waals surface area contributed by atoms with E-state index in [1.807, 2.05) is 12.1 Å². The maximum Gasteiger partial charge on any atom is 0.419 e. The summed E-state index contributed by atoms with van der Waals surface area (Å²) in [4.78, 5) is 11.1. The minimum absolute atomic E-state index is 0.0171. The highest BCUT2D eigenvalue weighted by molar-refractivity contribution is 7.64. The number of nitrogens with zero attached hydrogens (tertiary/aromatic N) is 2. The molecule has 1 saturated carbocycles. The molecule has 0 amide bonds. The maximum absolute atomic E-state index is 14.0. The monoisotopic (exact) mass is 454 g/mol. The summed E-state index contributed by atoms with van der Waals surface area (Å²) in [5.41, 5.74) is -2.56. The first kappa shape index (κ1) is 22.0. The van der Waals surface area contributed by atoms with Crippen LogP contribution in [-0.2, 0) is 6.18 Å². The molecule has 1 aliphatic rings. The van der Waals surface area contributed by atoms with Gasteiger partial charge in [0.2, 0.25) is 5.95 Å². The Labute approximate surface area is 178 Å². The van der Waals surface area contributed by atoms with Gasteiger partial charge in [0.15, 0.2) is 0 Å². The quantitative estimate of drug-likeness (QED) is 0.387. The summed E-state index contributed by atoms with van der Waals surface area (Å²) >= 11 is 0. The van der Waals surface area contributed by atoms with E-state index in [1.54, 1.807) is 6.07 Å². The van der Waals surface area contributed by atoms with E-state index in [4.69, 9.17) is 0 Å². The van der Waals surface area contributed by atoms with Gasteiger partial charge in [-0.2, -0.15) is 13.2 Å². The molecule has 0 unspecified atom stereocenters. The highest BCUT2D eigenvalue weighted by atomic mass is 31.1. The lowest BCUT2D eigenvalue weighted by atomic mass is 9.67. The molecule has 2 heterocycles. The van der Waals surface area contributed by atoms with Gasteiger partial charge in [-0.05, 0) is 25.6 Å². The van der Waals surface area contributed by atoms with Gasteiger partial charge in [0.05, 0.1) is 23.4 Å². The van der Waals surface area contributed by atoms with Crippen LogP contribution < -0.4 is 10.6 Å². The fraction of sp³-hybridized carbons (Fsp3) is 0.429. The predicted octanol–water partition coefficient (Wildman–Crippen LogP) is 4.68. The van der Waals surface area contributed by atoms with Crippen molar-refractivity contribution in [1.29, 1.82) is 0 Å². The second-order valence-corrected chi connectivity index (χ2v) is 10.9. The number of H-pyrrole nitrogens is 1. The first-order valence-corrected chi connectivity index (χ1v) is 12.0. The molecule has 3 aromatic rings. The number of aromatic nitrogens is 3. The fourth-order valence-corrected chi connectivity index (χ4v) is 5.41. The minimum Gasteiger partial charge on any atom is -0.394 e. The van der Waals surface area contributed by atoms with E-state index in [1.165, 1.54) is 13.1 Å². The first-order valence-electron chi connectivity index (χ1n) is 9.75. The molecular formula is C21H23F4N4OP. The van der Waals surface area contributed by atoms with Gasteiger partial charge in [0.25, 0.3) is 0 Å². The van der Waals surface area contributed by atoms with E-state index < -0.39 is 30.9 Å². The van der Waals surface area contributed by atoms with E-state index in [0.717, 1.165) is 17.0 Å². The fourth-order valence-electron chi connectivity index (χ4n) is 4.40. The third-order valence-corrected chi connectivity index (χ3v) is 6.95. The zero-order chi connectivity index (χ0) is 22.6. The zero-order valence-electron chi connectivity index (χ0n) is 17.3. The normalized spacial score (nSPS) is 23.9. The van der Waals surface area contributed by atoms with Gasteiger partial charge in [-0.25, -0.2) is 14.4 Å². The molecule has 2 aromatic heterocycles. The number of aliphatic hydroxyl groups excluding tert-OH is 1. The van der Waals surface area contributed by atoms with Gasteiger partial charge in [0.1, 0.15) is 11.2 Å². The third-order valence-electron chi connectivity index (χ3n) is 5.62. The van der Waals surface area contributed by atoms with Gasteiger partial charge in [-0.3, -0.25) is 0 Å². The molecule has 5 nitrogen and oxygen atoms in total. The van der Waals surface area contributed by atoms with Crippen molar-refractivity contribution in [2.75, 3.05) is 25.3 Å². The standard InChI is InChI=1S/C21H23F4N4OP/c1-19(22)9-20(10-19,11-30)29-18-27-8-14(21(23,24)25)16(28-18)13-7-26-17-12(13)5-4-6-15(17)31(2)3/h4-8,26,30H,9-11H2,1-3H3,(H,27,28,29). The van der Waals surface area contributed by atoms with Gasteiger partial charge in [0, 0.05) is 36.2 Å². The molecule has 4 rings (SSSR count). The summed E-state index contributed by atoms with van der Waals surface area (Å²) in [5, 5.41) is 14.3. The highest BCUT2D eigenvalue weighted by Gasteiger charge is 2.53. The Balaban J connectivity index is 1.82. The second-order valence-electron chi connectivity index (χ2n) is 8.58. The van der Waals surface area contributed by atoms with E-state index in [-0.39, 0.29) is 31.1 Å². The number of hydrogen-bond donors (Lipinski definition) is 3. The number of benzene rings is 1. The number of rotatable bonds is 5. The number of aliphatic hydroxyl groups is 1. The van der Waals surface area contributed by atoms with Crippen molar-refractivity contribution in [2.45, 2.75) is 37.1 Å². The molecule has 10 heteroatoms. The van der Waals surface area contributed by atoms with Gasteiger partial charge in [-0.1, -0.05) is 26.1 Å². The molecule has 0 spiro atoms. The van der Waals surface area contributed by atoms with Crippen LogP contribution in [-0.4, -0.2) is 51.2 Å². The number of alkyl halides is 4. The van der Waals surface area contributed by atoms with Crippen LogP contribution in [0.3, 0.4) is 0 Å². The second kappa shape index (κ2) is 7.41. The Hall–Kier alpha value is -2.25. The molecule has 1 aromatic carbocycles. The van der Waals surface area contributed by atoms with Gasteiger partial charge in [-0.15, -0.1) is 0 Å². The first-order chi connectivity index (χ1) is 14.4. The zero-order valence-corrected chi connectivity index (χ0v) is 18.2. The van der Waals surface area contributed by atoms with Crippen molar-refractivity contribution in [3.63, 3.8) is 0 Å². The summed E-state index contributed by atoms with van der Waals surface area (Å²) in [7, 11) is -0.474. The van der Waals surface area contributed by atoms with Gasteiger partial charge >= 0.3 is 6.18 Å². The molecule has 0 aliphatic heterocycles. The third kappa shape index (κ3) is 4.01. The Morgan fingerprint density at radius 2 is 1.97 bits per heavy atom. The number of fused-ring (bicyclic) bond motifs is 1. The van der Waals surface area contributed by atoms with E-state index in [2.05, 4.69) is 33.6 Å². The van der Waals surface area contributed by atoms with Crippen molar-refractivity contribution >= 4 is 30.1 Å². The molecule has 1 aliphatic carbocycles. The number of aromatic amines is 1. The Kier molecular flexibility index (Phi) is 5.25. The summed E-state index contributed by atoms with van der Waals surface area (Å²) in [6.45, 7) is 5.19. The number of hydrogen-bond acceptors (Lipinski definition) is 4. The number of halogens is 4. The molecule has 0 atom stereocenters. The van der Waals surface area contributed by atoms with E-state index >= 15 is 0 Å². The Morgan fingerprint density at radius 3 is 2.55 bits per heavy atom. The van der Waals surface area contributed by atoms with Crippen molar-refractivity contribution in [2.24, 2.45) is 0 Å². The van der Waals surface area contributed by atoms with Crippen molar-refractivity contribution in [3.05, 3.63) is 36.2 Å². The van der Waals surface area contributed by atoms with E-state index in [9.17, 15) is 22.7 Å². The van der Waals surface area contributed by atoms with Crippen LogP contribution in [0.5, 0.6) is 0 Å². The van der Waals surface area contributed by atoms with Crippen LogP contribution in [0.2, 0.25) is 0 Å². The van der Waals surface area contributed by atoms with Crippen LogP contribution in [0, 0.1) is 0 Å². The molecule has 0 radical (unpaired) electrons. The largest absolute Gasteiger partial charge is 0.419 e. The number of nitrogens with one attached hydrogen (secondary N) is 2. The molecule has 0 saturated heterocycles. The Morgan fingerprint density at radius 1 is 1.26 bits per heavy atom. The van der Waals surface area contributed by atoms with Crippen molar-refractivity contribution in [3.8, 4) is 11.3 Å². The lowest BCUT2D eigenvalue weighted by molar-refractivity contribution is -0.137. The van der Waals surface area contributed by atoms with Crippen LogP contribution in [0.25, 0.3) is 22.2 Å². The SMILES string of the molecule is CP(C)c1cccc2c(-c3nc(NC4(CO)CC(C)(F)C4)ncc3C(F)(F)F)c[nH]c12.